The highest BCUT2D eigenvalue weighted by Crippen LogP contribution is 2.32. The summed E-state index contributed by atoms with van der Waals surface area (Å²) in [4.78, 5) is 52.6. The number of benzene rings is 2. The van der Waals surface area contributed by atoms with Crippen molar-refractivity contribution >= 4 is 34.0 Å². The van der Waals surface area contributed by atoms with E-state index in [2.05, 4.69) is 31.2 Å². The molecule has 0 spiro atoms. The van der Waals surface area contributed by atoms with Gasteiger partial charge in [-0.25, -0.2) is 14.6 Å². The largest absolute Gasteiger partial charge is 0.453 e. The molecule has 3 aromatic rings. The fourth-order valence-corrected chi connectivity index (χ4v) is 5.34. The van der Waals surface area contributed by atoms with Crippen molar-refractivity contribution in [2.24, 2.45) is 5.92 Å². The second-order valence-electron chi connectivity index (χ2n) is 10.1. The lowest BCUT2D eigenvalue weighted by molar-refractivity contribution is -0.135. The van der Waals surface area contributed by atoms with Gasteiger partial charge in [-0.15, -0.1) is 0 Å². The van der Waals surface area contributed by atoms with Crippen molar-refractivity contribution < 1.29 is 19.1 Å². The standard InChI is InChI=1S/C28H31BrN6O4/c1-17(2)24(32-27(37)39-3)26(36)35-16-34(28(38)33-13-19-6-4-5-7-20(19)14-33)15-23(35)25-30-12-22(31-25)18-8-10-21(29)11-9-18/h4-12,17,23-24H,13-16H2,1-3H3,(H,30,31)(H,32,37)/t23?,24-/m0/s1. The Morgan fingerprint density at radius 2 is 1.72 bits per heavy atom. The first-order valence-electron chi connectivity index (χ1n) is 12.8. The van der Waals surface area contributed by atoms with Crippen molar-refractivity contribution in [3.05, 3.63) is 76.2 Å². The van der Waals surface area contributed by atoms with Gasteiger partial charge in [-0.3, -0.25) is 4.79 Å². The Morgan fingerprint density at radius 1 is 1.05 bits per heavy atom. The predicted molar refractivity (Wildman–Crippen MR) is 148 cm³/mol. The summed E-state index contributed by atoms with van der Waals surface area (Å²) >= 11 is 3.46. The van der Waals surface area contributed by atoms with Crippen LogP contribution in [0.1, 0.15) is 36.8 Å². The summed E-state index contributed by atoms with van der Waals surface area (Å²) in [6, 6.07) is 14.3. The Bertz CT molecular complexity index is 1350. The van der Waals surface area contributed by atoms with Gasteiger partial charge in [0, 0.05) is 17.6 Å². The van der Waals surface area contributed by atoms with Gasteiger partial charge in [-0.05, 0) is 34.7 Å². The summed E-state index contributed by atoms with van der Waals surface area (Å²) in [5, 5.41) is 2.66. The molecule has 10 nitrogen and oxygen atoms in total. The molecule has 5 rings (SSSR count). The zero-order chi connectivity index (χ0) is 27.7. The van der Waals surface area contributed by atoms with Crippen LogP contribution in [0.15, 0.2) is 59.2 Å². The number of methoxy groups -OCH3 is 1. The van der Waals surface area contributed by atoms with E-state index in [9.17, 15) is 14.4 Å². The van der Waals surface area contributed by atoms with Crippen molar-refractivity contribution in [2.75, 3.05) is 20.3 Å². The van der Waals surface area contributed by atoms with E-state index >= 15 is 0 Å². The third kappa shape index (κ3) is 5.49. The van der Waals surface area contributed by atoms with E-state index in [1.807, 2.05) is 62.4 Å². The van der Waals surface area contributed by atoms with Gasteiger partial charge in [0.1, 0.15) is 17.9 Å². The number of imidazole rings is 1. The summed E-state index contributed by atoms with van der Waals surface area (Å²) < 4.78 is 5.73. The molecule has 0 bridgehead atoms. The first-order valence-corrected chi connectivity index (χ1v) is 13.6. The van der Waals surface area contributed by atoms with Crippen LogP contribution in [-0.4, -0.2) is 69.1 Å². The monoisotopic (exact) mass is 594 g/mol. The van der Waals surface area contributed by atoms with Crippen molar-refractivity contribution in [2.45, 2.75) is 39.0 Å². The van der Waals surface area contributed by atoms with E-state index in [1.165, 1.54) is 7.11 Å². The smallest absolute Gasteiger partial charge is 0.407 e. The van der Waals surface area contributed by atoms with E-state index in [0.29, 0.717) is 18.9 Å². The minimum absolute atomic E-state index is 0.0789. The summed E-state index contributed by atoms with van der Waals surface area (Å²) in [6.45, 7) is 5.11. The summed E-state index contributed by atoms with van der Waals surface area (Å²) in [6.07, 6.45) is 1.05. The fraction of sp³-hybridized carbons (Fsp3) is 0.357. The van der Waals surface area contributed by atoms with Crippen LogP contribution < -0.4 is 5.32 Å². The maximum atomic E-state index is 13.9. The first-order chi connectivity index (χ1) is 18.7. The molecule has 1 fully saturated rings. The number of rotatable bonds is 5. The second-order valence-corrected chi connectivity index (χ2v) is 11.1. The van der Waals surface area contributed by atoms with E-state index in [4.69, 9.17) is 4.74 Å². The molecule has 11 heteroatoms. The molecule has 2 aliphatic heterocycles. The summed E-state index contributed by atoms with van der Waals surface area (Å²) in [5.74, 6) is 0.0638. The zero-order valence-electron chi connectivity index (χ0n) is 22.1. The van der Waals surface area contributed by atoms with Crippen LogP contribution in [0.2, 0.25) is 0 Å². The summed E-state index contributed by atoms with van der Waals surface area (Å²) in [7, 11) is 1.26. The normalized spacial score (nSPS) is 17.4. The maximum Gasteiger partial charge on any atom is 0.407 e. The number of H-pyrrole nitrogens is 1. The predicted octanol–water partition coefficient (Wildman–Crippen LogP) is 4.50. The third-order valence-electron chi connectivity index (χ3n) is 7.22. The van der Waals surface area contributed by atoms with Gasteiger partial charge in [0.25, 0.3) is 0 Å². The Balaban J connectivity index is 1.42. The Labute approximate surface area is 235 Å². The van der Waals surface area contributed by atoms with E-state index < -0.39 is 18.2 Å². The molecule has 0 aliphatic carbocycles. The van der Waals surface area contributed by atoms with Crippen LogP contribution >= 0.6 is 15.9 Å². The number of carbonyl (C=O) groups excluding carboxylic acids is 3. The molecule has 0 saturated carbocycles. The number of hydrogen-bond acceptors (Lipinski definition) is 5. The van der Waals surface area contributed by atoms with Gasteiger partial charge in [-0.1, -0.05) is 66.2 Å². The molecule has 2 atom stereocenters. The van der Waals surface area contributed by atoms with Crippen molar-refractivity contribution in [3.63, 3.8) is 0 Å². The topological polar surface area (TPSA) is 111 Å². The number of nitrogens with zero attached hydrogens (tertiary/aromatic N) is 4. The maximum absolute atomic E-state index is 13.9. The molecule has 1 aromatic heterocycles. The van der Waals surface area contributed by atoms with Gasteiger partial charge < -0.3 is 29.7 Å². The van der Waals surface area contributed by atoms with Crippen molar-refractivity contribution in [1.82, 2.24) is 30.0 Å². The van der Waals surface area contributed by atoms with Crippen molar-refractivity contribution in [3.8, 4) is 11.3 Å². The Hall–Kier alpha value is -3.86. The highest BCUT2D eigenvalue weighted by molar-refractivity contribution is 9.10. The van der Waals surface area contributed by atoms with Gasteiger partial charge in [-0.2, -0.15) is 0 Å². The molecule has 0 radical (unpaired) electrons. The number of aromatic nitrogens is 2. The molecule has 1 saturated heterocycles. The Morgan fingerprint density at radius 3 is 2.33 bits per heavy atom. The number of amides is 4. The fourth-order valence-electron chi connectivity index (χ4n) is 5.07. The van der Waals surface area contributed by atoms with Crippen LogP contribution in [0, 0.1) is 5.92 Å². The molecule has 4 amide bonds. The minimum atomic E-state index is -0.827. The Kier molecular flexibility index (Phi) is 7.60. The van der Waals surface area contributed by atoms with Crippen LogP contribution in [-0.2, 0) is 22.6 Å². The molecule has 1 unspecified atom stereocenters. The van der Waals surface area contributed by atoms with E-state index in [0.717, 1.165) is 26.9 Å². The number of alkyl carbamates (subject to hydrolysis) is 1. The average molecular weight is 595 g/mol. The quantitative estimate of drug-likeness (QED) is 0.452. The third-order valence-corrected chi connectivity index (χ3v) is 7.74. The van der Waals surface area contributed by atoms with E-state index in [1.54, 1.807) is 20.9 Å². The molecule has 204 valence electrons. The van der Waals surface area contributed by atoms with E-state index in [-0.39, 0.29) is 31.1 Å². The van der Waals surface area contributed by atoms with Crippen LogP contribution in [0.4, 0.5) is 9.59 Å². The van der Waals surface area contributed by atoms with Gasteiger partial charge in [0.15, 0.2) is 0 Å². The number of carbonyl (C=O) groups is 3. The average Bonchev–Trinajstić information content (AvgIpc) is 3.69. The second kappa shape index (κ2) is 11.1. The molecule has 2 aliphatic rings. The highest BCUT2D eigenvalue weighted by atomic mass is 79.9. The van der Waals surface area contributed by atoms with Crippen LogP contribution in [0.25, 0.3) is 11.3 Å². The molecule has 3 heterocycles. The number of halogens is 1. The molecule has 2 aromatic carbocycles. The molecule has 39 heavy (non-hydrogen) atoms. The molecule has 2 N–H and O–H groups in total. The van der Waals surface area contributed by atoms with Crippen molar-refractivity contribution in [1.29, 1.82) is 0 Å². The van der Waals surface area contributed by atoms with Crippen LogP contribution in [0.3, 0.4) is 0 Å². The highest BCUT2D eigenvalue weighted by Gasteiger charge is 2.43. The lowest BCUT2D eigenvalue weighted by Gasteiger charge is -2.29. The number of aromatic amines is 1. The number of urea groups is 1. The zero-order valence-corrected chi connectivity index (χ0v) is 23.6. The lowest BCUT2D eigenvalue weighted by atomic mass is 10.0. The van der Waals surface area contributed by atoms with Crippen LogP contribution in [0.5, 0.6) is 0 Å². The molecular weight excluding hydrogens is 564 g/mol. The van der Waals surface area contributed by atoms with Gasteiger partial charge in [0.05, 0.1) is 32.2 Å². The number of fused-ring (bicyclic) bond motifs is 1. The first kappa shape index (κ1) is 26.7. The van der Waals surface area contributed by atoms with Gasteiger partial charge >= 0.3 is 12.1 Å². The lowest BCUT2D eigenvalue weighted by Crippen LogP contribution is -2.52. The number of hydrogen-bond donors (Lipinski definition) is 2. The van der Waals surface area contributed by atoms with Gasteiger partial charge in [0.2, 0.25) is 5.91 Å². The summed E-state index contributed by atoms with van der Waals surface area (Å²) in [5.41, 5.74) is 4.00. The number of ether oxygens (including phenoxy) is 1. The number of nitrogens with one attached hydrogen (secondary N) is 2. The molecular formula is C28H31BrN6O4. The SMILES string of the molecule is COC(=O)N[C@H](C(=O)N1CN(C(=O)N2Cc3ccccc3C2)CC1c1ncc(-c2ccc(Br)cc2)[nH]1)C(C)C. The minimum Gasteiger partial charge on any atom is -0.453 e.